The standard InChI is InChI=1S/C10H22N2/c1-7-9(8-2)10(11(3)4)12(5)6/h7-8H2,1-6H3. The average Bonchev–Trinajstić information content (AvgIpc) is 1.98. The molecule has 0 saturated heterocycles. The van der Waals surface area contributed by atoms with Gasteiger partial charge in [0.2, 0.25) is 0 Å². The summed E-state index contributed by atoms with van der Waals surface area (Å²) in [6.45, 7) is 4.43. The lowest BCUT2D eigenvalue weighted by atomic mass is 10.1. The summed E-state index contributed by atoms with van der Waals surface area (Å²) in [7, 11) is 8.39. The van der Waals surface area contributed by atoms with Crippen molar-refractivity contribution in [2.75, 3.05) is 28.2 Å². The molecule has 2 nitrogen and oxygen atoms in total. The minimum absolute atomic E-state index is 1.14. The molecule has 0 aromatic carbocycles. The summed E-state index contributed by atoms with van der Waals surface area (Å²) in [5.41, 5.74) is 1.52. The Bertz CT molecular complexity index is 141. The molecule has 12 heavy (non-hydrogen) atoms. The first-order valence-corrected chi connectivity index (χ1v) is 4.61. The SMILES string of the molecule is CCC(CC)=C(N(C)C)N(C)C. The lowest BCUT2D eigenvalue weighted by molar-refractivity contribution is 0.332. The Hall–Kier alpha value is -0.660. The average molecular weight is 170 g/mol. The molecule has 0 bridgehead atoms. The van der Waals surface area contributed by atoms with Gasteiger partial charge in [0.05, 0.1) is 0 Å². The molecule has 0 unspecified atom stereocenters. The van der Waals surface area contributed by atoms with Gasteiger partial charge in [0, 0.05) is 28.2 Å². The van der Waals surface area contributed by atoms with Gasteiger partial charge in [0.1, 0.15) is 5.82 Å². The first-order valence-electron chi connectivity index (χ1n) is 4.61. The molecule has 2 heteroatoms. The van der Waals surface area contributed by atoms with E-state index in [4.69, 9.17) is 0 Å². The van der Waals surface area contributed by atoms with Crippen molar-refractivity contribution in [2.24, 2.45) is 0 Å². The summed E-state index contributed by atoms with van der Waals surface area (Å²) in [4.78, 5) is 4.37. The van der Waals surface area contributed by atoms with Gasteiger partial charge in [0.15, 0.2) is 0 Å². The van der Waals surface area contributed by atoms with E-state index in [1.807, 2.05) is 0 Å². The first kappa shape index (κ1) is 11.3. The molecule has 0 aromatic heterocycles. The van der Waals surface area contributed by atoms with E-state index in [-0.39, 0.29) is 0 Å². The summed E-state index contributed by atoms with van der Waals surface area (Å²) in [5, 5.41) is 0. The molecular formula is C10H22N2. The zero-order valence-electron chi connectivity index (χ0n) is 9.31. The van der Waals surface area contributed by atoms with E-state index in [2.05, 4.69) is 51.8 Å². The highest BCUT2D eigenvalue weighted by atomic mass is 15.3. The third-order valence-corrected chi connectivity index (χ3v) is 2.02. The topological polar surface area (TPSA) is 6.48 Å². The Morgan fingerprint density at radius 3 is 1.25 bits per heavy atom. The fraction of sp³-hybridized carbons (Fsp3) is 0.800. The Kier molecular flexibility index (Phi) is 4.79. The quantitative estimate of drug-likeness (QED) is 0.638. The van der Waals surface area contributed by atoms with Crippen LogP contribution in [0.3, 0.4) is 0 Å². The van der Waals surface area contributed by atoms with Gasteiger partial charge in [-0.2, -0.15) is 0 Å². The molecule has 0 N–H and O–H groups in total. The minimum Gasteiger partial charge on any atom is -0.364 e. The molecule has 0 heterocycles. The molecule has 0 aromatic rings. The van der Waals surface area contributed by atoms with E-state index in [9.17, 15) is 0 Å². The monoisotopic (exact) mass is 170 g/mol. The van der Waals surface area contributed by atoms with Crippen molar-refractivity contribution >= 4 is 0 Å². The van der Waals surface area contributed by atoms with Crippen LogP contribution >= 0.6 is 0 Å². The third-order valence-electron chi connectivity index (χ3n) is 2.02. The molecule has 0 saturated carbocycles. The second-order valence-electron chi connectivity index (χ2n) is 3.42. The van der Waals surface area contributed by atoms with Crippen molar-refractivity contribution in [3.05, 3.63) is 11.4 Å². The number of hydrogen-bond acceptors (Lipinski definition) is 2. The molecule has 0 aliphatic heterocycles. The highest BCUT2D eigenvalue weighted by Gasteiger charge is 2.07. The van der Waals surface area contributed by atoms with Crippen molar-refractivity contribution in [3.8, 4) is 0 Å². The Morgan fingerprint density at radius 1 is 0.833 bits per heavy atom. The molecule has 0 aliphatic rings. The summed E-state index contributed by atoms with van der Waals surface area (Å²) in [5.74, 6) is 1.35. The van der Waals surface area contributed by atoms with E-state index in [1.54, 1.807) is 0 Å². The molecule has 0 aliphatic carbocycles. The van der Waals surface area contributed by atoms with Gasteiger partial charge in [-0.1, -0.05) is 13.8 Å². The molecule has 0 amide bonds. The van der Waals surface area contributed by atoms with Crippen molar-refractivity contribution < 1.29 is 0 Å². The van der Waals surface area contributed by atoms with Crippen molar-refractivity contribution in [2.45, 2.75) is 26.7 Å². The lowest BCUT2D eigenvalue weighted by Gasteiger charge is -2.27. The van der Waals surface area contributed by atoms with Crippen LogP contribution in [0.15, 0.2) is 11.4 Å². The van der Waals surface area contributed by atoms with Gasteiger partial charge in [0.25, 0.3) is 0 Å². The number of allylic oxidation sites excluding steroid dienone is 1. The van der Waals surface area contributed by atoms with E-state index < -0.39 is 0 Å². The van der Waals surface area contributed by atoms with E-state index >= 15 is 0 Å². The van der Waals surface area contributed by atoms with Crippen molar-refractivity contribution in [1.82, 2.24) is 9.80 Å². The predicted molar refractivity (Wildman–Crippen MR) is 55.0 cm³/mol. The maximum absolute atomic E-state index is 2.21. The van der Waals surface area contributed by atoms with Crippen LogP contribution in [0.2, 0.25) is 0 Å². The number of hydrogen-bond donors (Lipinski definition) is 0. The van der Waals surface area contributed by atoms with Gasteiger partial charge in [-0.3, -0.25) is 0 Å². The summed E-state index contributed by atoms with van der Waals surface area (Å²) >= 11 is 0. The van der Waals surface area contributed by atoms with Crippen LogP contribution in [0.5, 0.6) is 0 Å². The highest BCUT2D eigenvalue weighted by Crippen LogP contribution is 2.15. The van der Waals surface area contributed by atoms with Crippen LogP contribution in [0, 0.1) is 0 Å². The maximum atomic E-state index is 2.21. The smallest absolute Gasteiger partial charge is 0.102 e. The molecule has 0 atom stereocenters. The zero-order chi connectivity index (χ0) is 9.72. The van der Waals surface area contributed by atoms with Crippen LogP contribution in [0.4, 0.5) is 0 Å². The lowest BCUT2D eigenvalue weighted by Crippen LogP contribution is -2.26. The molecule has 0 rings (SSSR count). The van der Waals surface area contributed by atoms with E-state index in [1.165, 1.54) is 11.4 Å². The van der Waals surface area contributed by atoms with Crippen LogP contribution in [-0.4, -0.2) is 38.0 Å². The van der Waals surface area contributed by atoms with Gasteiger partial charge >= 0.3 is 0 Å². The second kappa shape index (κ2) is 5.07. The molecule has 72 valence electrons. The third kappa shape index (κ3) is 2.76. The fourth-order valence-electron chi connectivity index (χ4n) is 1.60. The zero-order valence-corrected chi connectivity index (χ0v) is 9.31. The summed E-state index contributed by atoms with van der Waals surface area (Å²) < 4.78 is 0. The van der Waals surface area contributed by atoms with E-state index in [0.29, 0.717) is 0 Å². The molecule has 0 radical (unpaired) electrons. The molecular weight excluding hydrogens is 148 g/mol. The van der Waals surface area contributed by atoms with Crippen LogP contribution in [-0.2, 0) is 0 Å². The van der Waals surface area contributed by atoms with Gasteiger partial charge in [-0.15, -0.1) is 0 Å². The first-order chi connectivity index (χ1) is 5.54. The van der Waals surface area contributed by atoms with Crippen molar-refractivity contribution in [3.63, 3.8) is 0 Å². The van der Waals surface area contributed by atoms with Crippen LogP contribution in [0.25, 0.3) is 0 Å². The maximum Gasteiger partial charge on any atom is 0.102 e. The van der Waals surface area contributed by atoms with Gasteiger partial charge < -0.3 is 9.80 Å². The summed E-state index contributed by atoms with van der Waals surface area (Å²) in [6, 6.07) is 0. The second-order valence-corrected chi connectivity index (χ2v) is 3.42. The highest BCUT2D eigenvalue weighted by molar-refractivity contribution is 5.10. The Labute approximate surface area is 76.9 Å². The number of nitrogens with zero attached hydrogens (tertiary/aromatic N) is 2. The number of rotatable bonds is 4. The van der Waals surface area contributed by atoms with Crippen LogP contribution < -0.4 is 0 Å². The van der Waals surface area contributed by atoms with Crippen molar-refractivity contribution in [1.29, 1.82) is 0 Å². The summed E-state index contributed by atoms with van der Waals surface area (Å²) in [6.07, 6.45) is 2.28. The largest absolute Gasteiger partial charge is 0.364 e. The molecule has 0 fully saturated rings. The minimum atomic E-state index is 1.14. The van der Waals surface area contributed by atoms with Gasteiger partial charge in [-0.05, 0) is 18.4 Å². The van der Waals surface area contributed by atoms with Crippen LogP contribution in [0.1, 0.15) is 26.7 Å². The normalized spacial score (nSPS) is 9.50. The van der Waals surface area contributed by atoms with Gasteiger partial charge in [-0.25, -0.2) is 0 Å². The Morgan fingerprint density at radius 2 is 1.17 bits per heavy atom. The fourth-order valence-corrected chi connectivity index (χ4v) is 1.60. The predicted octanol–water partition coefficient (Wildman–Crippen LogP) is 2.14. The molecule has 0 spiro atoms. The Balaban J connectivity index is 4.76. The van der Waals surface area contributed by atoms with E-state index in [0.717, 1.165) is 12.8 Å².